The second-order valence-corrected chi connectivity index (χ2v) is 9.13. The zero-order valence-corrected chi connectivity index (χ0v) is 18.3. The van der Waals surface area contributed by atoms with Gasteiger partial charge in [0.15, 0.2) is 11.1 Å². The number of anilines is 1. The number of thioether (sulfide) groups is 1. The van der Waals surface area contributed by atoms with E-state index in [9.17, 15) is 35.3 Å². The van der Waals surface area contributed by atoms with Gasteiger partial charge in [-0.1, -0.05) is 11.8 Å². The normalized spacial score (nSPS) is 18.9. The average Bonchev–Trinajstić information content (AvgIpc) is 2.83. The standard InChI is InChI=1S/C13H8Br2F6N2O4S2/c14-5-1-4(27-13(19,20)21)2-6(15)8(5)23-7(3-29(25)26)28-9(11(22)24)10(23)12(16,17)18/h1-2,7H,3H2,(H2,22,24)(H,25,26). The van der Waals surface area contributed by atoms with Gasteiger partial charge in [0.1, 0.15) is 16.4 Å². The van der Waals surface area contributed by atoms with Crippen molar-refractivity contribution in [3.05, 3.63) is 31.7 Å². The predicted octanol–water partition coefficient (Wildman–Crippen LogP) is 4.47. The lowest BCUT2D eigenvalue weighted by Gasteiger charge is -2.31. The first kappa shape index (κ1) is 24.3. The molecule has 0 saturated carbocycles. The van der Waals surface area contributed by atoms with Gasteiger partial charge in [-0.05, 0) is 44.0 Å². The molecule has 2 unspecified atom stereocenters. The number of hydrogen-bond donors (Lipinski definition) is 2. The Morgan fingerprint density at radius 2 is 1.76 bits per heavy atom. The Morgan fingerprint density at radius 3 is 2.14 bits per heavy atom. The molecule has 16 heteroatoms. The number of nitrogens with two attached hydrogens (primary N) is 1. The number of primary amides is 1. The topological polar surface area (TPSA) is 92.9 Å². The molecule has 0 radical (unpaired) electrons. The second kappa shape index (κ2) is 8.64. The van der Waals surface area contributed by atoms with Crippen molar-refractivity contribution in [3.63, 3.8) is 0 Å². The van der Waals surface area contributed by atoms with Crippen molar-refractivity contribution in [1.82, 2.24) is 0 Å². The molecule has 0 aliphatic carbocycles. The third-order valence-corrected chi connectivity index (χ3v) is 6.54. The SMILES string of the molecule is NC(=O)C1=C(C(F)(F)F)N(c2c(Br)cc(OC(F)(F)F)cc2Br)C(CS(=O)O)S1. The fourth-order valence-corrected chi connectivity index (χ4v) is 5.96. The van der Waals surface area contributed by atoms with Gasteiger partial charge in [0.2, 0.25) is 0 Å². The highest BCUT2D eigenvalue weighted by molar-refractivity contribution is 9.11. The minimum atomic E-state index is -5.11. The van der Waals surface area contributed by atoms with Gasteiger partial charge < -0.3 is 19.9 Å². The molecular weight excluding hydrogens is 586 g/mol. The van der Waals surface area contributed by atoms with Crippen LogP contribution < -0.4 is 15.4 Å². The number of carbonyl (C=O) groups excluding carboxylic acids is 1. The molecule has 6 nitrogen and oxygen atoms in total. The molecule has 29 heavy (non-hydrogen) atoms. The van der Waals surface area contributed by atoms with Gasteiger partial charge in [0.25, 0.3) is 5.91 Å². The van der Waals surface area contributed by atoms with E-state index in [4.69, 9.17) is 10.3 Å². The van der Waals surface area contributed by atoms with Crippen LogP contribution in [0.25, 0.3) is 0 Å². The number of ether oxygens (including phenoxy) is 1. The van der Waals surface area contributed by atoms with Crippen molar-refractivity contribution >= 4 is 66.3 Å². The number of allylic oxidation sites excluding steroid dienone is 1. The highest BCUT2D eigenvalue weighted by Crippen LogP contribution is 2.52. The lowest BCUT2D eigenvalue weighted by atomic mass is 10.2. The zero-order chi connectivity index (χ0) is 22.3. The van der Waals surface area contributed by atoms with Gasteiger partial charge in [-0.3, -0.25) is 4.79 Å². The Kier molecular flexibility index (Phi) is 7.24. The van der Waals surface area contributed by atoms with Gasteiger partial charge >= 0.3 is 12.5 Å². The number of hydrogen-bond acceptors (Lipinski definition) is 5. The second-order valence-electron chi connectivity index (χ2n) is 5.25. The maximum atomic E-state index is 13.7. The van der Waals surface area contributed by atoms with E-state index in [2.05, 4.69) is 36.6 Å². The van der Waals surface area contributed by atoms with Crippen LogP contribution in [0.15, 0.2) is 31.7 Å². The van der Waals surface area contributed by atoms with Crippen molar-refractivity contribution in [2.24, 2.45) is 5.73 Å². The molecule has 1 amide bonds. The number of rotatable bonds is 5. The van der Waals surface area contributed by atoms with Gasteiger partial charge in [-0.15, -0.1) is 13.2 Å². The molecule has 0 bridgehead atoms. The number of benzene rings is 1. The van der Waals surface area contributed by atoms with Crippen LogP contribution in [0.5, 0.6) is 5.75 Å². The van der Waals surface area contributed by atoms with Crippen molar-refractivity contribution in [3.8, 4) is 5.75 Å². The van der Waals surface area contributed by atoms with Crippen LogP contribution >= 0.6 is 43.6 Å². The van der Waals surface area contributed by atoms with Gasteiger partial charge in [-0.2, -0.15) is 13.2 Å². The highest BCUT2D eigenvalue weighted by Gasteiger charge is 2.50. The molecule has 1 aliphatic rings. The molecule has 0 saturated heterocycles. The van der Waals surface area contributed by atoms with Crippen LogP contribution in [-0.2, 0) is 15.9 Å². The summed E-state index contributed by atoms with van der Waals surface area (Å²) in [5, 5.41) is -1.40. The lowest BCUT2D eigenvalue weighted by molar-refractivity contribution is -0.274. The van der Waals surface area contributed by atoms with Crippen molar-refractivity contribution < 1.29 is 44.6 Å². The van der Waals surface area contributed by atoms with Gasteiger partial charge in [-0.25, -0.2) is 4.21 Å². The van der Waals surface area contributed by atoms with Crippen molar-refractivity contribution in [2.45, 2.75) is 17.9 Å². The van der Waals surface area contributed by atoms with Crippen molar-refractivity contribution in [1.29, 1.82) is 0 Å². The number of nitrogens with zero attached hydrogens (tertiary/aromatic N) is 1. The first-order valence-corrected chi connectivity index (χ1v) is 10.8. The zero-order valence-electron chi connectivity index (χ0n) is 13.5. The van der Waals surface area contributed by atoms with Gasteiger partial charge in [0.05, 0.1) is 16.8 Å². The summed E-state index contributed by atoms with van der Waals surface area (Å²) in [6.07, 6.45) is -10.2. The fraction of sp³-hybridized carbons (Fsp3) is 0.308. The number of carbonyl (C=O) groups is 1. The summed E-state index contributed by atoms with van der Waals surface area (Å²) >= 11 is 3.53. The van der Waals surface area contributed by atoms with E-state index >= 15 is 0 Å². The fourth-order valence-electron chi connectivity index (χ4n) is 2.39. The molecule has 1 aromatic rings. The molecule has 0 spiro atoms. The number of amides is 1. The molecule has 1 heterocycles. The van der Waals surface area contributed by atoms with Crippen LogP contribution in [0.3, 0.4) is 0 Å². The van der Waals surface area contributed by atoms with E-state index in [1.807, 2.05) is 0 Å². The third kappa shape index (κ3) is 5.80. The lowest BCUT2D eigenvalue weighted by Crippen LogP contribution is -2.38. The molecule has 162 valence electrons. The minimum absolute atomic E-state index is 0.270. The molecular formula is C13H8Br2F6N2O4S2. The number of halogens is 8. The molecule has 2 atom stereocenters. The molecule has 2 rings (SSSR count). The summed E-state index contributed by atoms with van der Waals surface area (Å²) in [7, 11) is 0. The summed E-state index contributed by atoms with van der Waals surface area (Å²) in [5.74, 6) is -2.87. The quantitative estimate of drug-likeness (QED) is 0.387. The maximum Gasteiger partial charge on any atom is 0.573 e. The maximum absolute atomic E-state index is 13.7. The average molecular weight is 594 g/mol. The molecule has 1 aromatic carbocycles. The minimum Gasteiger partial charge on any atom is -0.406 e. The largest absolute Gasteiger partial charge is 0.573 e. The van der Waals surface area contributed by atoms with Crippen LogP contribution in [-0.4, -0.2) is 38.3 Å². The van der Waals surface area contributed by atoms with Crippen molar-refractivity contribution in [2.75, 3.05) is 10.7 Å². The van der Waals surface area contributed by atoms with Crippen LogP contribution in [0.2, 0.25) is 0 Å². The predicted molar refractivity (Wildman–Crippen MR) is 100 cm³/mol. The Morgan fingerprint density at radius 1 is 1.24 bits per heavy atom. The Labute approximate surface area is 182 Å². The summed E-state index contributed by atoms with van der Waals surface area (Å²) < 4.78 is 102. The van der Waals surface area contributed by atoms with E-state index in [1.54, 1.807) is 0 Å². The summed E-state index contributed by atoms with van der Waals surface area (Å²) in [6, 6.07) is 1.53. The summed E-state index contributed by atoms with van der Waals surface area (Å²) in [6.45, 7) is 0. The van der Waals surface area contributed by atoms with Crippen LogP contribution in [0, 0.1) is 0 Å². The molecule has 3 N–H and O–H groups in total. The van der Waals surface area contributed by atoms with Crippen LogP contribution in [0.4, 0.5) is 32.0 Å². The van der Waals surface area contributed by atoms with E-state index in [1.165, 1.54) is 0 Å². The highest BCUT2D eigenvalue weighted by atomic mass is 79.9. The van der Waals surface area contributed by atoms with E-state index in [0.717, 1.165) is 12.1 Å². The van der Waals surface area contributed by atoms with E-state index in [0.29, 0.717) is 16.7 Å². The smallest absolute Gasteiger partial charge is 0.406 e. The Bertz CT molecular complexity index is 870. The third-order valence-electron chi connectivity index (χ3n) is 3.24. The van der Waals surface area contributed by atoms with E-state index < -0.39 is 57.0 Å². The number of alkyl halides is 6. The Hall–Kier alpha value is -0.970. The summed E-state index contributed by atoms with van der Waals surface area (Å²) in [4.78, 5) is 11.2. The first-order valence-electron chi connectivity index (χ1n) is 7.01. The monoisotopic (exact) mass is 592 g/mol. The van der Waals surface area contributed by atoms with E-state index in [-0.39, 0.29) is 14.6 Å². The molecule has 1 aliphatic heterocycles. The Balaban J connectivity index is 2.68. The van der Waals surface area contributed by atoms with Crippen LogP contribution in [0.1, 0.15) is 0 Å². The summed E-state index contributed by atoms with van der Waals surface area (Å²) in [5.41, 5.74) is 3.19. The van der Waals surface area contributed by atoms with Gasteiger partial charge in [0, 0.05) is 8.95 Å². The first-order chi connectivity index (χ1) is 13.1. The molecule has 0 fully saturated rings. The molecule has 0 aromatic heterocycles.